The summed E-state index contributed by atoms with van der Waals surface area (Å²) in [6.45, 7) is 9.09. The Bertz CT molecular complexity index is 1540. The molecule has 1 aromatic carbocycles. The van der Waals surface area contributed by atoms with E-state index in [0.717, 1.165) is 56.0 Å². The molecule has 2 N–H and O–H groups in total. The molecular weight excluding hydrogens is 554 g/mol. The second-order valence-corrected chi connectivity index (χ2v) is 13.8. The average molecular weight is 594 g/mol. The van der Waals surface area contributed by atoms with Gasteiger partial charge in [-0.15, -0.1) is 0 Å². The van der Waals surface area contributed by atoms with Gasteiger partial charge in [0.05, 0.1) is 17.7 Å². The van der Waals surface area contributed by atoms with Crippen molar-refractivity contribution in [2.24, 2.45) is 0 Å². The summed E-state index contributed by atoms with van der Waals surface area (Å²) in [5.74, 6) is -0.0488. The number of anilines is 2. The third-order valence-corrected chi connectivity index (χ3v) is 10.8. The van der Waals surface area contributed by atoms with E-state index >= 15 is 0 Å². The van der Waals surface area contributed by atoms with Crippen LogP contribution in [0, 0.1) is 0 Å². The minimum Gasteiger partial charge on any atom is -0.381 e. The summed E-state index contributed by atoms with van der Waals surface area (Å²) in [5.41, 5.74) is 3.72. The number of piperazine rings is 1. The van der Waals surface area contributed by atoms with E-state index < -0.39 is 15.6 Å². The number of likely N-dealkylation sites (N-methyl/N-ethyl adjacent to an activating group) is 1. The van der Waals surface area contributed by atoms with Crippen molar-refractivity contribution in [1.82, 2.24) is 24.4 Å². The number of rotatable bonds is 8. The van der Waals surface area contributed by atoms with E-state index in [1.807, 2.05) is 26.0 Å². The SMILES string of the molecule is CN1CCN(c2ccc(C(=O)Cc3[nH]nc4c3CN(S(=O)(=O)c3cccnc3)C4(C)C)c(NC3CCOCC3)c2)CC1. The van der Waals surface area contributed by atoms with Crippen molar-refractivity contribution in [2.45, 2.75) is 56.1 Å². The molecule has 42 heavy (non-hydrogen) atoms. The maximum Gasteiger partial charge on any atom is 0.245 e. The highest BCUT2D eigenvalue weighted by molar-refractivity contribution is 7.89. The van der Waals surface area contributed by atoms with Crippen LogP contribution in [-0.2, 0) is 33.3 Å². The maximum absolute atomic E-state index is 13.9. The number of aromatic amines is 1. The normalized spacial score (nSPS) is 20.0. The van der Waals surface area contributed by atoms with Crippen LogP contribution in [0.1, 0.15) is 54.0 Å². The highest BCUT2D eigenvalue weighted by atomic mass is 32.2. The van der Waals surface area contributed by atoms with E-state index in [1.54, 1.807) is 18.3 Å². The summed E-state index contributed by atoms with van der Waals surface area (Å²) in [5, 5.41) is 11.2. The molecule has 2 aromatic heterocycles. The molecule has 0 amide bonds. The van der Waals surface area contributed by atoms with Gasteiger partial charge in [-0.1, -0.05) is 0 Å². The van der Waals surface area contributed by atoms with Crippen LogP contribution in [0.25, 0.3) is 0 Å². The van der Waals surface area contributed by atoms with Crippen molar-refractivity contribution in [2.75, 3.05) is 56.7 Å². The van der Waals surface area contributed by atoms with Crippen molar-refractivity contribution in [3.63, 3.8) is 0 Å². The van der Waals surface area contributed by atoms with E-state index in [2.05, 4.69) is 43.4 Å². The number of aromatic nitrogens is 3. The Morgan fingerprint density at radius 1 is 1.14 bits per heavy atom. The zero-order valence-electron chi connectivity index (χ0n) is 24.5. The molecule has 3 aliphatic rings. The summed E-state index contributed by atoms with van der Waals surface area (Å²) >= 11 is 0. The number of ketones is 1. The number of sulfonamides is 1. The van der Waals surface area contributed by atoms with Gasteiger partial charge in [-0.05, 0) is 64.1 Å². The van der Waals surface area contributed by atoms with Gasteiger partial charge in [-0.2, -0.15) is 9.40 Å². The molecule has 2 fully saturated rings. The van der Waals surface area contributed by atoms with Crippen molar-refractivity contribution in [3.8, 4) is 0 Å². The fourth-order valence-corrected chi connectivity index (χ4v) is 7.85. The standard InChI is InChI=1S/C30H39N7O4S/c1-30(2)29-25(20-37(30)42(39,40)23-5-4-10-31-19-23)27(33-34-29)18-28(38)24-7-6-22(36-13-11-35(3)12-14-36)17-26(24)32-21-8-15-41-16-9-21/h4-7,10,17,19,21,32H,8-9,11-16,18,20H2,1-3H3,(H,33,34). The van der Waals surface area contributed by atoms with Gasteiger partial charge in [-0.3, -0.25) is 14.9 Å². The minimum absolute atomic E-state index is 0.0488. The van der Waals surface area contributed by atoms with E-state index in [0.29, 0.717) is 30.2 Å². The van der Waals surface area contributed by atoms with Gasteiger partial charge < -0.3 is 19.9 Å². The quantitative estimate of drug-likeness (QED) is 0.380. The molecule has 224 valence electrons. The van der Waals surface area contributed by atoms with E-state index in [9.17, 15) is 13.2 Å². The Hall–Kier alpha value is -3.32. The molecular formula is C30H39N7O4S. The Labute approximate surface area is 247 Å². The summed E-state index contributed by atoms with van der Waals surface area (Å²) in [6, 6.07) is 9.46. The van der Waals surface area contributed by atoms with Gasteiger partial charge in [0.1, 0.15) is 4.90 Å². The number of nitrogens with one attached hydrogen (secondary N) is 2. The lowest BCUT2D eigenvalue weighted by atomic mass is 9.98. The Balaban J connectivity index is 1.26. The molecule has 0 unspecified atom stereocenters. The summed E-state index contributed by atoms with van der Waals surface area (Å²) < 4.78 is 34.1. The lowest BCUT2D eigenvalue weighted by Gasteiger charge is -2.34. The van der Waals surface area contributed by atoms with Crippen LogP contribution < -0.4 is 10.2 Å². The number of hydrogen-bond donors (Lipinski definition) is 2. The summed E-state index contributed by atoms with van der Waals surface area (Å²) in [7, 11) is -1.68. The smallest absolute Gasteiger partial charge is 0.245 e. The first-order chi connectivity index (χ1) is 20.1. The lowest BCUT2D eigenvalue weighted by molar-refractivity contribution is 0.0904. The first kappa shape index (κ1) is 28.8. The Morgan fingerprint density at radius 3 is 2.62 bits per heavy atom. The minimum atomic E-state index is -3.82. The van der Waals surface area contributed by atoms with E-state index in [1.165, 1.54) is 10.5 Å². The number of hydrogen-bond acceptors (Lipinski definition) is 9. The third kappa shape index (κ3) is 5.44. The number of fused-ring (bicyclic) bond motifs is 1. The van der Waals surface area contributed by atoms with Crippen LogP contribution in [0.4, 0.5) is 11.4 Å². The lowest BCUT2D eigenvalue weighted by Crippen LogP contribution is -2.44. The van der Waals surface area contributed by atoms with Crippen LogP contribution in [0.5, 0.6) is 0 Å². The molecule has 12 heteroatoms. The molecule has 11 nitrogen and oxygen atoms in total. The van der Waals surface area contributed by atoms with Gasteiger partial charge in [0.15, 0.2) is 5.78 Å². The number of pyridine rings is 1. The average Bonchev–Trinajstić information content (AvgIpc) is 3.52. The molecule has 0 saturated carbocycles. The summed E-state index contributed by atoms with van der Waals surface area (Å²) in [6.07, 6.45) is 4.77. The fraction of sp³-hybridized carbons (Fsp3) is 0.500. The van der Waals surface area contributed by atoms with Gasteiger partial charge in [0.25, 0.3) is 0 Å². The molecule has 6 rings (SSSR count). The molecule has 0 radical (unpaired) electrons. The monoisotopic (exact) mass is 593 g/mol. The maximum atomic E-state index is 13.9. The zero-order chi connectivity index (χ0) is 29.5. The van der Waals surface area contributed by atoms with Gasteiger partial charge in [-0.25, -0.2) is 8.42 Å². The van der Waals surface area contributed by atoms with Crippen LogP contribution >= 0.6 is 0 Å². The first-order valence-corrected chi connectivity index (χ1v) is 16.0. The van der Waals surface area contributed by atoms with E-state index in [4.69, 9.17) is 4.74 Å². The Kier molecular flexibility index (Phi) is 7.81. The molecule has 3 aliphatic heterocycles. The number of H-pyrrole nitrogens is 1. The highest BCUT2D eigenvalue weighted by Gasteiger charge is 2.48. The van der Waals surface area contributed by atoms with Crippen LogP contribution in [0.15, 0.2) is 47.6 Å². The van der Waals surface area contributed by atoms with Crippen LogP contribution in [0.3, 0.4) is 0 Å². The number of nitrogens with zero attached hydrogens (tertiary/aromatic N) is 5. The predicted octanol–water partition coefficient (Wildman–Crippen LogP) is 3.01. The van der Waals surface area contributed by atoms with Gasteiger partial charge in [0.2, 0.25) is 10.0 Å². The number of benzene rings is 1. The topological polar surface area (TPSA) is 124 Å². The number of Topliss-reactive ketones (excluding diaryl/α,β-unsaturated/α-hetero) is 1. The third-order valence-electron chi connectivity index (χ3n) is 8.77. The number of carbonyl (C=O) groups excluding carboxylic acids is 1. The van der Waals surface area contributed by atoms with Crippen molar-refractivity contribution < 1.29 is 17.9 Å². The first-order valence-electron chi connectivity index (χ1n) is 14.6. The number of ether oxygens (including phenoxy) is 1. The predicted molar refractivity (Wildman–Crippen MR) is 160 cm³/mol. The molecule has 0 bridgehead atoms. The molecule has 0 atom stereocenters. The second kappa shape index (κ2) is 11.4. The Morgan fingerprint density at radius 2 is 1.90 bits per heavy atom. The van der Waals surface area contributed by atoms with E-state index in [-0.39, 0.29) is 29.7 Å². The second-order valence-electron chi connectivity index (χ2n) is 11.9. The molecule has 0 spiro atoms. The molecule has 5 heterocycles. The van der Waals surface area contributed by atoms with Gasteiger partial charge >= 0.3 is 0 Å². The number of carbonyl (C=O) groups is 1. The molecule has 0 aliphatic carbocycles. The van der Waals surface area contributed by atoms with Crippen molar-refractivity contribution in [1.29, 1.82) is 0 Å². The van der Waals surface area contributed by atoms with Crippen molar-refractivity contribution >= 4 is 27.2 Å². The van der Waals surface area contributed by atoms with Gasteiger partial charge in [0, 0.05) is 92.6 Å². The molecule has 2 saturated heterocycles. The summed E-state index contributed by atoms with van der Waals surface area (Å²) in [4.78, 5) is 22.7. The van der Waals surface area contributed by atoms with Crippen molar-refractivity contribution in [3.05, 3.63) is 65.2 Å². The van der Waals surface area contributed by atoms with Crippen LogP contribution in [-0.4, -0.2) is 91.1 Å². The zero-order valence-corrected chi connectivity index (χ0v) is 25.3. The fourth-order valence-electron chi connectivity index (χ4n) is 6.17. The largest absolute Gasteiger partial charge is 0.381 e. The van der Waals surface area contributed by atoms with Crippen LogP contribution in [0.2, 0.25) is 0 Å². The molecule has 3 aromatic rings. The highest BCUT2D eigenvalue weighted by Crippen LogP contribution is 2.42.